The van der Waals surface area contributed by atoms with Gasteiger partial charge < -0.3 is 9.94 Å². The average Bonchev–Trinajstić information content (AvgIpc) is 1.91. The van der Waals surface area contributed by atoms with Crippen LogP contribution < -0.4 is 5.73 Å². The summed E-state index contributed by atoms with van der Waals surface area (Å²) in [5.74, 6) is 0. The smallest absolute Gasteiger partial charge is 0.207 e. The van der Waals surface area contributed by atoms with E-state index in [2.05, 4.69) is 9.99 Å². The molecule has 0 saturated heterocycles. The highest BCUT2D eigenvalue weighted by Gasteiger charge is 2.18. The summed E-state index contributed by atoms with van der Waals surface area (Å²) in [6.07, 6.45) is -0.120. The molecular weight excluding hydrogens is 96.0 g/mol. The lowest BCUT2D eigenvalue weighted by atomic mass is 10.4. The van der Waals surface area contributed by atoms with Crippen molar-refractivity contribution >= 4 is 6.21 Å². The second-order valence-corrected chi connectivity index (χ2v) is 1.32. The number of nitrogens with zero attached hydrogens (tertiary/aromatic N) is 1. The molecule has 0 aliphatic carbocycles. The molecule has 0 aromatic rings. The number of rotatable bonds is 0. The van der Waals surface area contributed by atoms with Crippen LogP contribution in [0.5, 0.6) is 0 Å². The number of aliphatic hydroxyl groups is 1. The van der Waals surface area contributed by atoms with Crippen molar-refractivity contribution in [2.24, 2.45) is 10.9 Å². The molecule has 0 saturated carbocycles. The number of hydrogen-bond donors (Lipinski definition) is 2. The molecule has 0 bridgehead atoms. The molecule has 1 rings (SSSR count). The largest absolute Gasteiger partial charge is 0.382 e. The second-order valence-electron chi connectivity index (χ2n) is 1.32. The van der Waals surface area contributed by atoms with Crippen molar-refractivity contribution in [3.63, 3.8) is 0 Å². The van der Waals surface area contributed by atoms with Crippen molar-refractivity contribution < 1.29 is 9.94 Å². The van der Waals surface area contributed by atoms with Gasteiger partial charge in [-0.25, -0.2) is 0 Å². The third-order valence-electron chi connectivity index (χ3n) is 0.733. The van der Waals surface area contributed by atoms with Gasteiger partial charge in [-0.3, -0.25) is 5.73 Å². The van der Waals surface area contributed by atoms with Crippen LogP contribution >= 0.6 is 0 Å². The van der Waals surface area contributed by atoms with Crippen molar-refractivity contribution in [2.45, 2.75) is 12.3 Å². The molecule has 7 heavy (non-hydrogen) atoms. The van der Waals surface area contributed by atoms with Gasteiger partial charge in [0.15, 0.2) is 0 Å². The fourth-order valence-corrected chi connectivity index (χ4v) is 0.315. The van der Waals surface area contributed by atoms with Crippen molar-refractivity contribution in [2.75, 3.05) is 0 Å². The van der Waals surface area contributed by atoms with Gasteiger partial charge in [-0.1, -0.05) is 5.16 Å². The number of aliphatic hydroxyl groups excluding tert-OH is 1. The molecule has 2 unspecified atom stereocenters. The molecule has 0 radical (unpaired) electrons. The predicted octanol–water partition coefficient (Wildman–Crippen LogP) is -1.35. The van der Waals surface area contributed by atoms with E-state index in [9.17, 15) is 0 Å². The van der Waals surface area contributed by atoms with Gasteiger partial charge in [-0.05, 0) is 0 Å². The molecule has 0 aromatic heterocycles. The Labute approximate surface area is 40.6 Å². The maximum atomic E-state index is 8.60. The molecular formula is C3H6N2O2. The predicted molar refractivity (Wildman–Crippen MR) is 23.6 cm³/mol. The highest BCUT2D eigenvalue weighted by atomic mass is 16.7. The molecule has 3 N–H and O–H groups in total. The van der Waals surface area contributed by atoms with E-state index in [-0.39, 0.29) is 0 Å². The molecule has 0 aromatic carbocycles. The standard InChI is InChI=1S/C3H6N2O2/c4-3-2(6)1-5-7-3/h1-3,6H,4H2. The molecule has 0 spiro atoms. The van der Waals surface area contributed by atoms with E-state index in [4.69, 9.17) is 10.8 Å². The SMILES string of the molecule is NC1ON=CC1O. The lowest BCUT2D eigenvalue weighted by molar-refractivity contribution is 0.0265. The van der Waals surface area contributed by atoms with Gasteiger partial charge >= 0.3 is 0 Å². The zero-order valence-corrected chi connectivity index (χ0v) is 3.61. The Hall–Kier alpha value is -0.610. The molecule has 1 aliphatic heterocycles. The van der Waals surface area contributed by atoms with Gasteiger partial charge in [0, 0.05) is 0 Å². The Morgan fingerprint density at radius 3 is 2.71 bits per heavy atom. The van der Waals surface area contributed by atoms with Gasteiger partial charge in [0.05, 0.1) is 6.21 Å². The van der Waals surface area contributed by atoms with Crippen LogP contribution in [-0.2, 0) is 4.84 Å². The first-order valence-electron chi connectivity index (χ1n) is 1.93. The van der Waals surface area contributed by atoms with E-state index in [0.717, 1.165) is 0 Å². The minimum Gasteiger partial charge on any atom is -0.382 e. The Balaban J connectivity index is 2.45. The second kappa shape index (κ2) is 1.48. The highest BCUT2D eigenvalue weighted by molar-refractivity contribution is 5.64. The molecule has 40 valence electrons. The van der Waals surface area contributed by atoms with Gasteiger partial charge in [0.2, 0.25) is 6.23 Å². The summed E-state index contributed by atoms with van der Waals surface area (Å²) in [6, 6.07) is 0. The normalized spacial score (nSPS) is 38.6. The zero-order valence-electron chi connectivity index (χ0n) is 3.61. The Kier molecular flexibility index (Phi) is 0.958. The zero-order chi connectivity index (χ0) is 5.28. The summed E-state index contributed by atoms with van der Waals surface area (Å²) >= 11 is 0. The van der Waals surface area contributed by atoms with Crippen LogP contribution in [0.15, 0.2) is 5.16 Å². The quantitative estimate of drug-likeness (QED) is 0.397. The van der Waals surface area contributed by atoms with E-state index in [1.165, 1.54) is 6.21 Å². The molecule has 0 amide bonds. The third kappa shape index (κ3) is 0.703. The molecule has 4 nitrogen and oxygen atoms in total. The Bertz CT molecular complexity index is 92.9. The van der Waals surface area contributed by atoms with Crippen LogP contribution in [0.4, 0.5) is 0 Å². The highest BCUT2D eigenvalue weighted by Crippen LogP contribution is 1.97. The van der Waals surface area contributed by atoms with E-state index in [1.54, 1.807) is 0 Å². The lowest BCUT2D eigenvalue weighted by Gasteiger charge is -2.01. The monoisotopic (exact) mass is 102 g/mol. The molecule has 1 heterocycles. The first-order chi connectivity index (χ1) is 3.30. The minimum atomic E-state index is -0.722. The summed E-state index contributed by atoms with van der Waals surface area (Å²) in [5, 5.41) is 11.8. The van der Waals surface area contributed by atoms with E-state index >= 15 is 0 Å². The van der Waals surface area contributed by atoms with Crippen LogP contribution in [0.3, 0.4) is 0 Å². The van der Waals surface area contributed by atoms with E-state index in [1.807, 2.05) is 0 Å². The maximum Gasteiger partial charge on any atom is 0.207 e. The number of oxime groups is 1. The topological polar surface area (TPSA) is 67.8 Å². The van der Waals surface area contributed by atoms with Crippen LogP contribution in [0.1, 0.15) is 0 Å². The van der Waals surface area contributed by atoms with Crippen LogP contribution in [-0.4, -0.2) is 23.7 Å². The van der Waals surface area contributed by atoms with Gasteiger partial charge in [-0.2, -0.15) is 0 Å². The summed E-state index contributed by atoms with van der Waals surface area (Å²) in [4.78, 5) is 4.36. The Morgan fingerprint density at radius 2 is 2.57 bits per heavy atom. The van der Waals surface area contributed by atoms with Crippen molar-refractivity contribution in [1.29, 1.82) is 0 Å². The number of hydrogen-bond acceptors (Lipinski definition) is 4. The van der Waals surface area contributed by atoms with Gasteiger partial charge in [-0.15, -0.1) is 0 Å². The minimum absolute atomic E-state index is 0.653. The summed E-state index contributed by atoms with van der Waals surface area (Å²) in [7, 11) is 0. The molecule has 2 atom stereocenters. The van der Waals surface area contributed by atoms with Crippen molar-refractivity contribution in [3.8, 4) is 0 Å². The molecule has 4 heteroatoms. The van der Waals surface area contributed by atoms with Crippen LogP contribution in [0.2, 0.25) is 0 Å². The summed E-state index contributed by atoms with van der Waals surface area (Å²) < 4.78 is 0. The summed E-state index contributed by atoms with van der Waals surface area (Å²) in [6.45, 7) is 0. The summed E-state index contributed by atoms with van der Waals surface area (Å²) in [5.41, 5.74) is 5.08. The first-order valence-corrected chi connectivity index (χ1v) is 1.93. The van der Waals surface area contributed by atoms with Crippen molar-refractivity contribution in [1.82, 2.24) is 0 Å². The average molecular weight is 102 g/mol. The molecule has 0 fully saturated rings. The van der Waals surface area contributed by atoms with Crippen LogP contribution in [0, 0.1) is 0 Å². The fourth-order valence-electron chi connectivity index (χ4n) is 0.315. The van der Waals surface area contributed by atoms with Gasteiger partial charge in [0.25, 0.3) is 0 Å². The van der Waals surface area contributed by atoms with Gasteiger partial charge in [0.1, 0.15) is 6.10 Å². The van der Waals surface area contributed by atoms with E-state index in [0.29, 0.717) is 0 Å². The molecule has 1 aliphatic rings. The van der Waals surface area contributed by atoms with Crippen LogP contribution in [0.25, 0.3) is 0 Å². The van der Waals surface area contributed by atoms with Crippen molar-refractivity contribution in [3.05, 3.63) is 0 Å². The third-order valence-corrected chi connectivity index (χ3v) is 0.733. The first kappa shape index (κ1) is 4.55. The van der Waals surface area contributed by atoms with E-state index < -0.39 is 12.3 Å². The fraction of sp³-hybridized carbons (Fsp3) is 0.667. The number of nitrogens with two attached hydrogens (primary N) is 1. The maximum absolute atomic E-state index is 8.60. The Morgan fingerprint density at radius 1 is 1.86 bits per heavy atom. The lowest BCUT2D eigenvalue weighted by Crippen LogP contribution is -2.32.